The molecular weight excluding hydrogens is 306 g/mol. The van der Waals surface area contributed by atoms with Gasteiger partial charge in [0.1, 0.15) is 5.76 Å². The Bertz CT molecular complexity index is 673. The molecule has 6 heteroatoms. The van der Waals surface area contributed by atoms with Gasteiger partial charge in [-0.2, -0.15) is 0 Å². The van der Waals surface area contributed by atoms with Crippen LogP contribution >= 0.6 is 0 Å². The third kappa shape index (κ3) is 3.82. The van der Waals surface area contributed by atoms with Gasteiger partial charge in [0.05, 0.1) is 18.2 Å². The second kappa shape index (κ2) is 7.13. The number of hydrogen-bond donors (Lipinski definition) is 2. The summed E-state index contributed by atoms with van der Waals surface area (Å²) in [6, 6.07) is 5.77. The molecular formula is C18H23N3O3. The summed E-state index contributed by atoms with van der Waals surface area (Å²) in [7, 11) is 0. The molecule has 1 aliphatic carbocycles. The fourth-order valence-electron chi connectivity index (χ4n) is 3.21. The van der Waals surface area contributed by atoms with Crippen LogP contribution in [0.3, 0.4) is 0 Å². The standard InChI is InChI=1S/C18H23N3O3/c1-11-16(12(2)24-21-11)10-18(23)20-17(13-7-15(22)8-13)9-14-5-3-4-6-19-14/h3-6,13,15,17,22H,7-10H2,1-2H3,(H,20,23). The highest BCUT2D eigenvalue weighted by molar-refractivity contribution is 5.79. The maximum absolute atomic E-state index is 12.5. The van der Waals surface area contributed by atoms with Crippen LogP contribution < -0.4 is 5.32 Å². The Morgan fingerprint density at radius 1 is 1.42 bits per heavy atom. The summed E-state index contributed by atoms with van der Waals surface area (Å²) in [6.45, 7) is 3.66. The number of carbonyl (C=O) groups is 1. The second-order valence-corrected chi connectivity index (χ2v) is 6.56. The first-order valence-electron chi connectivity index (χ1n) is 8.32. The summed E-state index contributed by atoms with van der Waals surface area (Å²) in [5.41, 5.74) is 2.54. The van der Waals surface area contributed by atoms with Crippen LogP contribution in [0.4, 0.5) is 0 Å². The minimum absolute atomic E-state index is 0.0173. The Morgan fingerprint density at radius 3 is 2.79 bits per heavy atom. The number of pyridine rings is 1. The molecule has 3 rings (SSSR count). The van der Waals surface area contributed by atoms with Gasteiger partial charge in [-0.15, -0.1) is 0 Å². The normalized spacial score (nSPS) is 21.1. The van der Waals surface area contributed by atoms with E-state index in [4.69, 9.17) is 4.52 Å². The number of carbonyl (C=O) groups excluding carboxylic acids is 1. The summed E-state index contributed by atoms with van der Waals surface area (Å²) in [5.74, 6) is 0.922. The number of aliphatic hydroxyl groups is 1. The van der Waals surface area contributed by atoms with Crippen molar-refractivity contribution in [1.29, 1.82) is 0 Å². The average molecular weight is 329 g/mol. The van der Waals surface area contributed by atoms with Gasteiger partial charge in [-0.3, -0.25) is 9.78 Å². The number of hydrogen-bond acceptors (Lipinski definition) is 5. The van der Waals surface area contributed by atoms with Crippen LogP contribution in [0.15, 0.2) is 28.9 Å². The van der Waals surface area contributed by atoms with E-state index in [2.05, 4.69) is 15.5 Å². The Kier molecular flexibility index (Phi) is 4.94. The van der Waals surface area contributed by atoms with Crippen molar-refractivity contribution in [2.45, 2.75) is 51.7 Å². The molecule has 0 spiro atoms. The van der Waals surface area contributed by atoms with Crippen molar-refractivity contribution in [1.82, 2.24) is 15.5 Å². The van der Waals surface area contributed by atoms with Gasteiger partial charge in [0.15, 0.2) is 0 Å². The monoisotopic (exact) mass is 329 g/mol. The molecule has 1 amide bonds. The number of nitrogens with zero attached hydrogens (tertiary/aromatic N) is 2. The number of amides is 1. The van der Waals surface area contributed by atoms with Crippen LogP contribution in [-0.4, -0.2) is 33.3 Å². The van der Waals surface area contributed by atoms with Gasteiger partial charge in [0, 0.05) is 29.9 Å². The van der Waals surface area contributed by atoms with Crippen molar-refractivity contribution < 1.29 is 14.4 Å². The molecule has 0 bridgehead atoms. The van der Waals surface area contributed by atoms with Crippen LogP contribution in [0, 0.1) is 19.8 Å². The summed E-state index contributed by atoms with van der Waals surface area (Å²) < 4.78 is 5.12. The Labute approximate surface area is 141 Å². The van der Waals surface area contributed by atoms with Crippen LogP contribution in [0.1, 0.15) is 35.6 Å². The Hall–Kier alpha value is -2.21. The van der Waals surface area contributed by atoms with E-state index in [0.29, 0.717) is 12.2 Å². The number of nitrogens with one attached hydrogen (secondary N) is 1. The molecule has 24 heavy (non-hydrogen) atoms. The molecule has 1 saturated carbocycles. The lowest BCUT2D eigenvalue weighted by atomic mass is 9.76. The molecule has 1 fully saturated rings. The third-order valence-electron chi connectivity index (χ3n) is 4.74. The molecule has 0 saturated heterocycles. The molecule has 2 N–H and O–H groups in total. The zero-order chi connectivity index (χ0) is 17.1. The van der Waals surface area contributed by atoms with Gasteiger partial charge in [-0.1, -0.05) is 11.2 Å². The lowest BCUT2D eigenvalue weighted by molar-refractivity contribution is -0.122. The Balaban J connectivity index is 1.66. The zero-order valence-corrected chi connectivity index (χ0v) is 14.0. The van der Waals surface area contributed by atoms with Crippen molar-refractivity contribution in [3.8, 4) is 0 Å². The largest absolute Gasteiger partial charge is 0.393 e. The van der Waals surface area contributed by atoms with Crippen molar-refractivity contribution >= 4 is 5.91 Å². The van der Waals surface area contributed by atoms with Gasteiger partial charge < -0.3 is 14.9 Å². The number of aromatic nitrogens is 2. The number of aryl methyl sites for hydroxylation is 2. The second-order valence-electron chi connectivity index (χ2n) is 6.56. The fraction of sp³-hybridized carbons (Fsp3) is 0.500. The molecule has 2 aromatic rings. The predicted octanol–water partition coefficient (Wildman–Crippen LogP) is 1.73. The molecule has 128 valence electrons. The minimum Gasteiger partial charge on any atom is -0.393 e. The maximum Gasteiger partial charge on any atom is 0.224 e. The quantitative estimate of drug-likeness (QED) is 0.842. The summed E-state index contributed by atoms with van der Waals surface area (Å²) in [6.07, 6.45) is 3.89. The van der Waals surface area contributed by atoms with E-state index in [0.717, 1.165) is 29.8 Å². The summed E-state index contributed by atoms with van der Waals surface area (Å²) in [4.78, 5) is 16.8. The lowest BCUT2D eigenvalue weighted by Gasteiger charge is -2.38. The molecule has 6 nitrogen and oxygen atoms in total. The van der Waals surface area contributed by atoms with Gasteiger partial charge in [0.25, 0.3) is 0 Å². The molecule has 1 aliphatic rings. The molecule has 2 aromatic heterocycles. The third-order valence-corrected chi connectivity index (χ3v) is 4.74. The molecule has 2 heterocycles. The van der Waals surface area contributed by atoms with Crippen molar-refractivity contribution in [2.75, 3.05) is 0 Å². The van der Waals surface area contributed by atoms with Crippen LogP contribution in [0.2, 0.25) is 0 Å². The van der Waals surface area contributed by atoms with E-state index in [1.807, 2.05) is 32.0 Å². The van der Waals surface area contributed by atoms with Gasteiger partial charge in [-0.25, -0.2) is 0 Å². The highest BCUT2D eigenvalue weighted by atomic mass is 16.5. The zero-order valence-electron chi connectivity index (χ0n) is 14.0. The van der Waals surface area contributed by atoms with Crippen LogP contribution in [-0.2, 0) is 17.6 Å². The first-order chi connectivity index (χ1) is 11.5. The first kappa shape index (κ1) is 16.6. The summed E-state index contributed by atoms with van der Waals surface area (Å²) >= 11 is 0. The molecule has 0 radical (unpaired) electrons. The Morgan fingerprint density at radius 2 is 2.21 bits per heavy atom. The van der Waals surface area contributed by atoms with E-state index >= 15 is 0 Å². The maximum atomic E-state index is 12.5. The van der Waals surface area contributed by atoms with E-state index in [-0.39, 0.29) is 30.4 Å². The van der Waals surface area contributed by atoms with E-state index in [1.54, 1.807) is 6.20 Å². The number of rotatable bonds is 6. The van der Waals surface area contributed by atoms with Crippen molar-refractivity contribution in [2.24, 2.45) is 5.92 Å². The molecule has 1 unspecified atom stereocenters. The van der Waals surface area contributed by atoms with Crippen LogP contribution in [0.5, 0.6) is 0 Å². The molecule has 0 aromatic carbocycles. The topological polar surface area (TPSA) is 88.3 Å². The average Bonchev–Trinajstić information content (AvgIpc) is 2.84. The van der Waals surface area contributed by atoms with E-state index in [1.165, 1.54) is 0 Å². The molecule has 0 aliphatic heterocycles. The highest BCUT2D eigenvalue weighted by Crippen LogP contribution is 2.31. The predicted molar refractivity (Wildman–Crippen MR) is 88.3 cm³/mol. The minimum atomic E-state index is -0.249. The van der Waals surface area contributed by atoms with Crippen molar-refractivity contribution in [3.05, 3.63) is 47.1 Å². The smallest absolute Gasteiger partial charge is 0.224 e. The number of aliphatic hydroxyl groups excluding tert-OH is 1. The lowest BCUT2D eigenvalue weighted by Crippen LogP contribution is -2.48. The van der Waals surface area contributed by atoms with E-state index in [9.17, 15) is 9.90 Å². The SMILES string of the molecule is Cc1noc(C)c1CC(=O)NC(Cc1ccccn1)C1CC(O)C1. The fourth-order valence-corrected chi connectivity index (χ4v) is 3.21. The van der Waals surface area contributed by atoms with Gasteiger partial charge in [-0.05, 0) is 44.7 Å². The first-order valence-corrected chi connectivity index (χ1v) is 8.32. The summed E-state index contributed by atoms with van der Waals surface area (Å²) in [5, 5.41) is 16.6. The van der Waals surface area contributed by atoms with Gasteiger partial charge >= 0.3 is 0 Å². The van der Waals surface area contributed by atoms with Crippen LogP contribution in [0.25, 0.3) is 0 Å². The van der Waals surface area contributed by atoms with Crippen molar-refractivity contribution in [3.63, 3.8) is 0 Å². The molecule has 1 atom stereocenters. The van der Waals surface area contributed by atoms with Gasteiger partial charge in [0.2, 0.25) is 5.91 Å². The highest BCUT2D eigenvalue weighted by Gasteiger charge is 2.35. The van der Waals surface area contributed by atoms with E-state index < -0.39 is 0 Å².